The molecular formula is C12H14FN3O2S. The fourth-order valence-electron chi connectivity index (χ4n) is 1.55. The molecule has 5 nitrogen and oxygen atoms in total. The van der Waals surface area contributed by atoms with Gasteiger partial charge in [-0.3, -0.25) is 9.40 Å². The zero-order valence-electron chi connectivity index (χ0n) is 10.5. The zero-order chi connectivity index (χ0) is 14.0. The van der Waals surface area contributed by atoms with Crippen molar-refractivity contribution < 1.29 is 12.8 Å². The van der Waals surface area contributed by atoms with E-state index in [0.29, 0.717) is 5.69 Å². The molecule has 0 saturated carbocycles. The van der Waals surface area contributed by atoms with Crippen molar-refractivity contribution in [1.29, 1.82) is 0 Å². The molecule has 0 radical (unpaired) electrons. The summed E-state index contributed by atoms with van der Waals surface area (Å²) in [5.74, 6) is -0.786. The SMILES string of the molecule is CC(C)n1cc(NS(=O)(=O)c2ccccc2F)cn1. The van der Waals surface area contributed by atoms with Crippen LogP contribution in [0.2, 0.25) is 0 Å². The van der Waals surface area contributed by atoms with Gasteiger partial charge in [0.15, 0.2) is 0 Å². The van der Waals surface area contributed by atoms with E-state index in [1.54, 1.807) is 10.9 Å². The second-order valence-corrected chi connectivity index (χ2v) is 5.99. The minimum atomic E-state index is -3.93. The lowest BCUT2D eigenvalue weighted by Crippen LogP contribution is -2.14. The molecule has 102 valence electrons. The smallest absolute Gasteiger partial charge is 0.264 e. The van der Waals surface area contributed by atoms with Crippen LogP contribution >= 0.6 is 0 Å². The van der Waals surface area contributed by atoms with Crippen LogP contribution in [0.5, 0.6) is 0 Å². The van der Waals surface area contributed by atoms with Crippen molar-refractivity contribution in [3.8, 4) is 0 Å². The van der Waals surface area contributed by atoms with Crippen LogP contribution in [0.15, 0.2) is 41.6 Å². The Labute approximate surface area is 111 Å². The van der Waals surface area contributed by atoms with Gasteiger partial charge in [-0.25, -0.2) is 12.8 Å². The maximum absolute atomic E-state index is 13.5. The lowest BCUT2D eigenvalue weighted by atomic mass is 10.4. The summed E-state index contributed by atoms with van der Waals surface area (Å²) in [6, 6.07) is 5.34. The first-order valence-electron chi connectivity index (χ1n) is 5.71. The standard InChI is InChI=1S/C12H14FN3O2S/c1-9(2)16-8-10(7-14-16)15-19(17,18)12-6-4-3-5-11(12)13/h3-9,15H,1-2H3. The van der Waals surface area contributed by atoms with Crippen molar-refractivity contribution >= 4 is 15.7 Å². The van der Waals surface area contributed by atoms with Gasteiger partial charge in [0.1, 0.15) is 10.7 Å². The Balaban J connectivity index is 2.29. The Morgan fingerprint density at radius 3 is 2.58 bits per heavy atom. The molecule has 1 aromatic heterocycles. The van der Waals surface area contributed by atoms with Crippen LogP contribution in [0.4, 0.5) is 10.1 Å². The van der Waals surface area contributed by atoms with E-state index in [0.717, 1.165) is 6.07 Å². The molecule has 2 rings (SSSR count). The summed E-state index contributed by atoms with van der Waals surface area (Å²) in [6.45, 7) is 3.84. The predicted molar refractivity (Wildman–Crippen MR) is 69.8 cm³/mol. The molecule has 0 saturated heterocycles. The molecule has 0 amide bonds. The molecule has 0 fully saturated rings. The van der Waals surface area contributed by atoms with E-state index in [1.165, 1.54) is 24.4 Å². The second-order valence-electron chi connectivity index (χ2n) is 4.34. The number of rotatable bonds is 4. The molecule has 7 heteroatoms. The lowest BCUT2D eigenvalue weighted by Gasteiger charge is -2.07. The molecule has 1 N–H and O–H groups in total. The molecule has 0 aliphatic rings. The van der Waals surface area contributed by atoms with Gasteiger partial charge in [-0.05, 0) is 26.0 Å². The van der Waals surface area contributed by atoms with Crippen molar-refractivity contribution in [2.45, 2.75) is 24.8 Å². The summed E-state index contributed by atoms with van der Waals surface area (Å²) >= 11 is 0. The second kappa shape index (κ2) is 5.00. The maximum Gasteiger partial charge on any atom is 0.264 e. The van der Waals surface area contributed by atoms with Gasteiger partial charge >= 0.3 is 0 Å². The van der Waals surface area contributed by atoms with Crippen LogP contribution in [0.25, 0.3) is 0 Å². The summed E-state index contributed by atoms with van der Waals surface area (Å²) in [5.41, 5.74) is 0.303. The summed E-state index contributed by atoms with van der Waals surface area (Å²) in [6.07, 6.45) is 2.95. The molecule has 19 heavy (non-hydrogen) atoms. The van der Waals surface area contributed by atoms with Gasteiger partial charge < -0.3 is 0 Å². The lowest BCUT2D eigenvalue weighted by molar-refractivity contribution is 0.532. The number of aromatic nitrogens is 2. The Bertz CT molecular complexity index is 680. The first kappa shape index (κ1) is 13.5. The van der Waals surface area contributed by atoms with Crippen molar-refractivity contribution in [2.24, 2.45) is 0 Å². The van der Waals surface area contributed by atoms with Crippen LogP contribution in [0.1, 0.15) is 19.9 Å². The van der Waals surface area contributed by atoms with Crippen LogP contribution in [0, 0.1) is 5.82 Å². The van der Waals surface area contributed by atoms with E-state index < -0.39 is 15.8 Å². The number of hydrogen-bond acceptors (Lipinski definition) is 3. The number of halogens is 1. The van der Waals surface area contributed by atoms with E-state index in [4.69, 9.17) is 0 Å². The fraction of sp³-hybridized carbons (Fsp3) is 0.250. The highest BCUT2D eigenvalue weighted by molar-refractivity contribution is 7.92. The molecule has 0 aliphatic heterocycles. The summed E-state index contributed by atoms with van der Waals surface area (Å²) < 4.78 is 41.4. The van der Waals surface area contributed by atoms with Crippen LogP contribution < -0.4 is 4.72 Å². The largest absolute Gasteiger partial charge is 0.276 e. The Kier molecular flexibility index (Phi) is 3.57. The summed E-state index contributed by atoms with van der Waals surface area (Å²) in [4.78, 5) is -0.382. The molecule has 0 spiro atoms. The monoisotopic (exact) mass is 283 g/mol. The normalized spacial score (nSPS) is 11.8. The molecular weight excluding hydrogens is 269 g/mol. The van der Waals surface area contributed by atoms with Crippen molar-refractivity contribution in [1.82, 2.24) is 9.78 Å². The Hall–Kier alpha value is -1.89. The average Bonchev–Trinajstić information content (AvgIpc) is 2.77. The molecule has 0 atom stereocenters. The third-order valence-corrected chi connectivity index (χ3v) is 3.92. The van der Waals surface area contributed by atoms with Crippen molar-refractivity contribution in [2.75, 3.05) is 4.72 Å². The minimum Gasteiger partial charge on any atom is -0.276 e. The van der Waals surface area contributed by atoms with Gasteiger partial charge in [-0.1, -0.05) is 12.1 Å². The van der Waals surface area contributed by atoms with Gasteiger partial charge in [0, 0.05) is 12.2 Å². The maximum atomic E-state index is 13.5. The first-order chi connectivity index (χ1) is 8.90. The topological polar surface area (TPSA) is 64.0 Å². The highest BCUT2D eigenvalue weighted by Gasteiger charge is 2.19. The van der Waals surface area contributed by atoms with Crippen LogP contribution in [0.3, 0.4) is 0 Å². The molecule has 1 heterocycles. The quantitative estimate of drug-likeness (QED) is 0.937. The number of hydrogen-bond donors (Lipinski definition) is 1. The molecule has 0 aliphatic carbocycles. The van der Waals surface area contributed by atoms with Gasteiger partial charge in [-0.2, -0.15) is 5.10 Å². The summed E-state index contributed by atoms with van der Waals surface area (Å²) in [7, 11) is -3.93. The predicted octanol–water partition coefficient (Wildman–Crippen LogP) is 2.40. The van der Waals surface area contributed by atoms with Crippen LogP contribution in [-0.4, -0.2) is 18.2 Å². The molecule has 1 aromatic carbocycles. The van der Waals surface area contributed by atoms with E-state index in [2.05, 4.69) is 9.82 Å². The highest BCUT2D eigenvalue weighted by atomic mass is 32.2. The fourth-order valence-corrected chi connectivity index (χ4v) is 2.65. The van der Waals surface area contributed by atoms with Crippen molar-refractivity contribution in [3.05, 3.63) is 42.5 Å². The number of anilines is 1. The minimum absolute atomic E-state index is 0.117. The van der Waals surface area contributed by atoms with Gasteiger partial charge in [-0.15, -0.1) is 0 Å². The zero-order valence-corrected chi connectivity index (χ0v) is 11.4. The van der Waals surface area contributed by atoms with E-state index >= 15 is 0 Å². The number of nitrogens with one attached hydrogen (secondary N) is 1. The van der Waals surface area contributed by atoms with Gasteiger partial charge in [0.2, 0.25) is 0 Å². The molecule has 0 bridgehead atoms. The molecule has 2 aromatic rings. The van der Waals surface area contributed by atoms with E-state index in [9.17, 15) is 12.8 Å². The van der Waals surface area contributed by atoms with Gasteiger partial charge in [0.25, 0.3) is 10.0 Å². The number of benzene rings is 1. The van der Waals surface area contributed by atoms with Gasteiger partial charge in [0.05, 0.1) is 11.9 Å². The number of sulfonamides is 1. The van der Waals surface area contributed by atoms with Crippen LogP contribution in [-0.2, 0) is 10.0 Å². The Morgan fingerprint density at radius 1 is 1.32 bits per heavy atom. The van der Waals surface area contributed by atoms with E-state index in [-0.39, 0.29) is 10.9 Å². The van der Waals surface area contributed by atoms with Crippen molar-refractivity contribution in [3.63, 3.8) is 0 Å². The average molecular weight is 283 g/mol. The van der Waals surface area contributed by atoms with E-state index in [1.807, 2.05) is 13.8 Å². The highest BCUT2D eigenvalue weighted by Crippen LogP contribution is 2.18. The third-order valence-electron chi connectivity index (χ3n) is 2.51. The first-order valence-corrected chi connectivity index (χ1v) is 7.20. The molecule has 0 unspecified atom stereocenters. The number of nitrogens with zero attached hydrogens (tertiary/aromatic N) is 2. The summed E-state index contributed by atoms with van der Waals surface area (Å²) in [5, 5.41) is 4.01. The third kappa shape index (κ3) is 2.93. The Morgan fingerprint density at radius 2 is 2.00 bits per heavy atom.